The Morgan fingerprint density at radius 1 is 1.32 bits per heavy atom. The maximum Gasteiger partial charge on any atom is 0.254 e. The predicted molar refractivity (Wildman–Crippen MR) is 83.5 cm³/mol. The number of anilines is 1. The van der Waals surface area contributed by atoms with Gasteiger partial charge in [0.15, 0.2) is 0 Å². The molecule has 2 fully saturated rings. The van der Waals surface area contributed by atoms with Gasteiger partial charge in [-0.05, 0) is 49.4 Å². The van der Waals surface area contributed by atoms with Crippen LogP contribution in [0.4, 0.5) is 5.69 Å². The van der Waals surface area contributed by atoms with Gasteiger partial charge >= 0.3 is 0 Å². The van der Waals surface area contributed by atoms with E-state index in [1.807, 2.05) is 0 Å². The minimum absolute atomic E-state index is 0.0133. The maximum atomic E-state index is 12.4. The van der Waals surface area contributed by atoms with Crippen LogP contribution in [0, 0.1) is 11.8 Å². The van der Waals surface area contributed by atoms with Gasteiger partial charge in [0.1, 0.15) is 0 Å². The maximum absolute atomic E-state index is 12.4. The van der Waals surface area contributed by atoms with E-state index in [1.165, 1.54) is 0 Å². The molecule has 2 N–H and O–H groups in total. The number of carbonyl (C=O) groups is 2. The number of benzene rings is 1. The average Bonchev–Trinajstić information content (AvgIpc) is 3.08. The zero-order chi connectivity index (χ0) is 15.7. The molecule has 0 bridgehead atoms. The van der Waals surface area contributed by atoms with E-state index < -0.39 is 0 Å². The van der Waals surface area contributed by atoms with Crippen LogP contribution in [0.15, 0.2) is 24.3 Å². The summed E-state index contributed by atoms with van der Waals surface area (Å²) in [6, 6.07) is 6.94. The Morgan fingerprint density at radius 2 is 2.00 bits per heavy atom. The zero-order valence-corrected chi connectivity index (χ0v) is 12.8. The molecule has 3 atom stereocenters. The Morgan fingerprint density at radius 3 is 2.59 bits per heavy atom. The fourth-order valence-electron chi connectivity index (χ4n) is 3.08. The van der Waals surface area contributed by atoms with Crippen LogP contribution in [-0.2, 0) is 4.79 Å². The van der Waals surface area contributed by atoms with Gasteiger partial charge in [0, 0.05) is 23.7 Å². The molecule has 5 nitrogen and oxygen atoms in total. The third kappa shape index (κ3) is 2.99. The Bertz CT molecular complexity index is 570. The highest BCUT2D eigenvalue weighted by Crippen LogP contribution is 2.38. The second-order valence-corrected chi connectivity index (χ2v) is 6.36. The molecule has 0 radical (unpaired) electrons. The first kappa shape index (κ1) is 15.0. The lowest BCUT2D eigenvalue weighted by Gasteiger charge is -2.23. The number of nitrogens with zero attached hydrogens (tertiary/aromatic N) is 1. The Kier molecular flexibility index (Phi) is 4.16. The van der Waals surface area contributed by atoms with Crippen molar-refractivity contribution in [3.8, 4) is 0 Å². The highest BCUT2D eigenvalue weighted by Gasteiger charge is 2.39. The van der Waals surface area contributed by atoms with Crippen LogP contribution < -0.4 is 5.32 Å². The number of carbonyl (C=O) groups excluding carboxylic acids is 2. The van der Waals surface area contributed by atoms with Gasteiger partial charge < -0.3 is 15.3 Å². The van der Waals surface area contributed by atoms with Crippen molar-refractivity contribution in [3.63, 3.8) is 0 Å². The van der Waals surface area contributed by atoms with E-state index in [2.05, 4.69) is 12.2 Å². The molecule has 22 heavy (non-hydrogen) atoms. The van der Waals surface area contributed by atoms with Crippen LogP contribution >= 0.6 is 0 Å². The summed E-state index contributed by atoms with van der Waals surface area (Å²) in [7, 11) is 0. The molecule has 2 amide bonds. The van der Waals surface area contributed by atoms with E-state index in [1.54, 1.807) is 29.2 Å². The normalized spacial score (nSPS) is 26.8. The summed E-state index contributed by atoms with van der Waals surface area (Å²) in [5.74, 6) is 0.624. The molecule has 0 unspecified atom stereocenters. The number of rotatable bonds is 4. The molecular formula is C17H22N2O3. The van der Waals surface area contributed by atoms with Gasteiger partial charge in [-0.15, -0.1) is 0 Å². The number of nitrogens with one attached hydrogen (secondary N) is 1. The zero-order valence-electron chi connectivity index (χ0n) is 12.8. The lowest BCUT2D eigenvalue weighted by atomic mass is 10.1. The first-order valence-electron chi connectivity index (χ1n) is 7.93. The van der Waals surface area contributed by atoms with Crippen molar-refractivity contribution in [1.82, 2.24) is 4.90 Å². The number of aliphatic hydroxyl groups excluding tert-OH is 1. The van der Waals surface area contributed by atoms with E-state index in [0.717, 1.165) is 24.9 Å². The van der Waals surface area contributed by atoms with Crippen molar-refractivity contribution in [2.24, 2.45) is 11.8 Å². The van der Waals surface area contributed by atoms with Crippen molar-refractivity contribution in [2.45, 2.75) is 32.2 Å². The van der Waals surface area contributed by atoms with Crippen LogP contribution in [0.3, 0.4) is 0 Å². The van der Waals surface area contributed by atoms with Crippen molar-refractivity contribution in [2.75, 3.05) is 18.5 Å². The van der Waals surface area contributed by atoms with Gasteiger partial charge in [0.05, 0.1) is 12.6 Å². The van der Waals surface area contributed by atoms with E-state index in [0.29, 0.717) is 18.0 Å². The molecule has 1 aromatic rings. The molecule has 1 saturated heterocycles. The summed E-state index contributed by atoms with van der Waals surface area (Å²) in [6.07, 6.45) is 2.75. The SMILES string of the molecule is C[C@H]1C[C@H]1C(=O)Nc1ccc(C(=O)N2CCC[C@@H]2CO)cc1. The quantitative estimate of drug-likeness (QED) is 0.892. The molecule has 1 saturated carbocycles. The van der Waals surface area contributed by atoms with E-state index in [4.69, 9.17) is 0 Å². The van der Waals surface area contributed by atoms with E-state index in [9.17, 15) is 14.7 Å². The van der Waals surface area contributed by atoms with Gasteiger partial charge in [-0.1, -0.05) is 6.92 Å². The number of likely N-dealkylation sites (tertiary alicyclic amines) is 1. The van der Waals surface area contributed by atoms with Crippen molar-refractivity contribution in [1.29, 1.82) is 0 Å². The van der Waals surface area contributed by atoms with Gasteiger partial charge in [-0.3, -0.25) is 9.59 Å². The Balaban J connectivity index is 1.63. The van der Waals surface area contributed by atoms with Crippen molar-refractivity contribution >= 4 is 17.5 Å². The Labute approximate surface area is 130 Å². The molecule has 118 valence electrons. The molecule has 1 aliphatic carbocycles. The fraction of sp³-hybridized carbons (Fsp3) is 0.529. The van der Waals surface area contributed by atoms with Gasteiger partial charge in [0.25, 0.3) is 5.91 Å². The highest BCUT2D eigenvalue weighted by atomic mass is 16.3. The largest absolute Gasteiger partial charge is 0.394 e. The van der Waals surface area contributed by atoms with Gasteiger partial charge in [0.2, 0.25) is 5.91 Å². The predicted octanol–water partition coefficient (Wildman–Crippen LogP) is 1.88. The second kappa shape index (κ2) is 6.08. The molecule has 0 spiro atoms. The summed E-state index contributed by atoms with van der Waals surface area (Å²) in [5.41, 5.74) is 1.32. The first-order valence-corrected chi connectivity index (χ1v) is 7.93. The number of amides is 2. The minimum Gasteiger partial charge on any atom is -0.394 e. The average molecular weight is 302 g/mol. The molecule has 1 aliphatic heterocycles. The molecule has 3 rings (SSSR count). The van der Waals surface area contributed by atoms with Crippen LogP contribution in [0.2, 0.25) is 0 Å². The van der Waals surface area contributed by atoms with Gasteiger partial charge in [-0.25, -0.2) is 0 Å². The van der Waals surface area contributed by atoms with Crippen LogP contribution in [-0.4, -0.2) is 41.0 Å². The summed E-state index contributed by atoms with van der Waals surface area (Å²) >= 11 is 0. The summed E-state index contributed by atoms with van der Waals surface area (Å²) in [5, 5.41) is 12.2. The smallest absolute Gasteiger partial charge is 0.254 e. The van der Waals surface area contributed by atoms with E-state index >= 15 is 0 Å². The summed E-state index contributed by atoms with van der Waals surface area (Å²) in [6.45, 7) is 2.78. The molecule has 1 aromatic carbocycles. The molecular weight excluding hydrogens is 280 g/mol. The molecule has 0 aromatic heterocycles. The van der Waals surface area contributed by atoms with E-state index in [-0.39, 0.29) is 30.4 Å². The second-order valence-electron chi connectivity index (χ2n) is 6.36. The summed E-state index contributed by atoms with van der Waals surface area (Å²) in [4.78, 5) is 26.1. The van der Waals surface area contributed by atoms with Crippen LogP contribution in [0.5, 0.6) is 0 Å². The third-order valence-electron chi connectivity index (χ3n) is 4.69. The highest BCUT2D eigenvalue weighted by molar-refractivity contribution is 5.97. The molecule has 1 heterocycles. The topological polar surface area (TPSA) is 69.6 Å². The van der Waals surface area contributed by atoms with Crippen molar-refractivity contribution < 1.29 is 14.7 Å². The number of hydrogen-bond acceptors (Lipinski definition) is 3. The first-order chi connectivity index (χ1) is 10.6. The lowest BCUT2D eigenvalue weighted by molar-refractivity contribution is -0.117. The third-order valence-corrected chi connectivity index (χ3v) is 4.69. The number of hydrogen-bond donors (Lipinski definition) is 2. The number of aliphatic hydroxyl groups is 1. The van der Waals surface area contributed by atoms with Gasteiger partial charge in [-0.2, -0.15) is 0 Å². The standard InChI is InChI=1S/C17H22N2O3/c1-11-9-15(11)16(21)18-13-6-4-12(5-7-13)17(22)19-8-2-3-14(19)10-20/h4-7,11,14-15,20H,2-3,8-10H2,1H3,(H,18,21)/t11-,14+,15+/m0/s1. The monoisotopic (exact) mass is 302 g/mol. The molecule has 2 aliphatic rings. The lowest BCUT2D eigenvalue weighted by Crippen LogP contribution is -2.37. The minimum atomic E-state index is -0.0665. The summed E-state index contributed by atoms with van der Waals surface area (Å²) < 4.78 is 0. The molecule has 5 heteroatoms. The van der Waals surface area contributed by atoms with Crippen LogP contribution in [0.1, 0.15) is 36.5 Å². The Hall–Kier alpha value is -1.88. The fourth-order valence-corrected chi connectivity index (χ4v) is 3.08. The van der Waals surface area contributed by atoms with Crippen LogP contribution in [0.25, 0.3) is 0 Å². The van der Waals surface area contributed by atoms with Crippen molar-refractivity contribution in [3.05, 3.63) is 29.8 Å².